The third-order valence-corrected chi connectivity index (χ3v) is 1.57. The Morgan fingerprint density at radius 1 is 1.62 bits per heavy atom. The van der Waals surface area contributed by atoms with E-state index in [-0.39, 0.29) is 0 Å². The van der Waals surface area contributed by atoms with Crippen molar-refractivity contribution in [1.82, 2.24) is 4.98 Å². The Bertz CT molecular complexity index is 283. The van der Waals surface area contributed by atoms with E-state index in [0.717, 1.165) is 5.56 Å². The van der Waals surface area contributed by atoms with Gasteiger partial charge < -0.3 is 10.5 Å². The number of thiol groups is 1. The molecule has 0 atom stereocenters. The van der Waals surface area contributed by atoms with E-state index >= 15 is 0 Å². The molecule has 0 radical (unpaired) electrons. The van der Waals surface area contributed by atoms with E-state index in [9.17, 15) is 0 Å². The van der Waals surface area contributed by atoms with Crippen molar-refractivity contribution < 1.29 is 4.74 Å². The number of pyridine rings is 1. The second-order valence-electron chi connectivity index (χ2n) is 3.32. The molecule has 1 rings (SSSR count). The first-order chi connectivity index (χ1) is 5.97. The minimum atomic E-state index is -0.419. The second-order valence-corrected chi connectivity index (χ2v) is 4.40. The van der Waals surface area contributed by atoms with Crippen molar-refractivity contribution >= 4 is 18.4 Å². The third kappa shape index (κ3) is 4.15. The van der Waals surface area contributed by atoms with E-state index in [2.05, 4.69) is 17.6 Å². The number of rotatable bonds is 3. The van der Waals surface area contributed by atoms with Crippen LogP contribution >= 0.6 is 12.6 Å². The molecule has 72 valence electrons. The number of nitrogens with two attached hydrogens (primary N) is 1. The first kappa shape index (κ1) is 10.3. The molecule has 0 saturated carbocycles. The van der Waals surface area contributed by atoms with E-state index in [1.165, 1.54) is 0 Å². The highest BCUT2D eigenvalue weighted by atomic mass is 32.1. The fourth-order valence-electron chi connectivity index (χ4n) is 0.844. The van der Waals surface area contributed by atoms with E-state index in [0.29, 0.717) is 12.4 Å². The number of hydrogen-bond donors (Lipinski definition) is 2. The second kappa shape index (κ2) is 3.98. The molecule has 2 N–H and O–H groups in total. The molecule has 0 unspecified atom stereocenters. The van der Waals surface area contributed by atoms with Crippen LogP contribution in [0.25, 0.3) is 0 Å². The number of nitrogen functional groups attached to an aromatic ring is 1. The van der Waals surface area contributed by atoms with Gasteiger partial charge in [0.05, 0.1) is 6.61 Å². The molecule has 0 saturated heterocycles. The van der Waals surface area contributed by atoms with Gasteiger partial charge in [-0.05, 0) is 31.5 Å². The summed E-state index contributed by atoms with van der Waals surface area (Å²) in [5.74, 6) is 0.512. The van der Waals surface area contributed by atoms with Gasteiger partial charge in [-0.1, -0.05) is 0 Å². The molecule has 3 nitrogen and oxygen atoms in total. The molecule has 0 aliphatic rings. The van der Waals surface area contributed by atoms with Crippen LogP contribution in [0.4, 0.5) is 5.82 Å². The summed E-state index contributed by atoms with van der Waals surface area (Å²) in [6.45, 7) is 4.28. The highest BCUT2D eigenvalue weighted by molar-refractivity contribution is 7.81. The Labute approximate surface area is 83.7 Å². The van der Waals surface area contributed by atoms with Gasteiger partial charge in [0.1, 0.15) is 10.8 Å². The Balaban J connectivity index is 2.55. The summed E-state index contributed by atoms with van der Waals surface area (Å²) in [7, 11) is 0. The molecule has 1 aromatic heterocycles. The number of ether oxygens (including phenoxy) is 1. The monoisotopic (exact) mass is 198 g/mol. The lowest BCUT2D eigenvalue weighted by atomic mass is 10.3. The normalized spacial score (nSPS) is 11.6. The fraction of sp³-hybridized carbons (Fsp3) is 0.444. The molecule has 0 amide bonds. The topological polar surface area (TPSA) is 48.1 Å². The van der Waals surface area contributed by atoms with E-state index in [1.807, 2.05) is 19.9 Å². The minimum Gasteiger partial charge on any atom is -0.384 e. The van der Waals surface area contributed by atoms with Crippen molar-refractivity contribution in [2.45, 2.75) is 25.4 Å². The van der Waals surface area contributed by atoms with Crippen LogP contribution in [0.2, 0.25) is 0 Å². The molecule has 0 fully saturated rings. The zero-order valence-corrected chi connectivity index (χ0v) is 8.71. The molecular weight excluding hydrogens is 184 g/mol. The molecular formula is C9H14N2OS. The molecule has 0 aliphatic heterocycles. The molecule has 1 aromatic rings. The van der Waals surface area contributed by atoms with Crippen molar-refractivity contribution in [3.8, 4) is 0 Å². The highest BCUT2D eigenvalue weighted by Crippen LogP contribution is 2.16. The first-order valence-corrected chi connectivity index (χ1v) is 4.49. The summed E-state index contributed by atoms with van der Waals surface area (Å²) in [5, 5.41) is 0. The largest absolute Gasteiger partial charge is 0.384 e. The van der Waals surface area contributed by atoms with Crippen molar-refractivity contribution in [2.24, 2.45) is 0 Å². The maximum atomic E-state index is 5.51. The van der Waals surface area contributed by atoms with E-state index in [4.69, 9.17) is 10.5 Å². The maximum Gasteiger partial charge on any atom is 0.123 e. The SMILES string of the molecule is CC(C)(S)OCc1ccnc(N)c1. The molecule has 4 heteroatoms. The fourth-order valence-corrected chi connectivity index (χ4v) is 0.909. The average Bonchev–Trinajstić information content (AvgIpc) is 2.00. The van der Waals surface area contributed by atoms with Gasteiger partial charge in [0, 0.05) is 6.20 Å². The highest BCUT2D eigenvalue weighted by Gasteiger charge is 2.10. The lowest BCUT2D eigenvalue weighted by Gasteiger charge is -2.18. The summed E-state index contributed by atoms with van der Waals surface area (Å²) in [6.07, 6.45) is 1.67. The summed E-state index contributed by atoms with van der Waals surface area (Å²) in [6, 6.07) is 3.66. The van der Waals surface area contributed by atoms with Crippen LogP contribution in [0, 0.1) is 0 Å². The van der Waals surface area contributed by atoms with Crippen LogP contribution in [0.3, 0.4) is 0 Å². The number of aromatic nitrogens is 1. The van der Waals surface area contributed by atoms with Crippen LogP contribution < -0.4 is 5.73 Å². The summed E-state index contributed by atoms with van der Waals surface area (Å²) in [4.78, 5) is 3.47. The molecule has 0 aromatic carbocycles. The zero-order valence-electron chi connectivity index (χ0n) is 7.82. The Hall–Kier alpha value is -0.740. The molecule has 1 heterocycles. The van der Waals surface area contributed by atoms with Gasteiger partial charge >= 0.3 is 0 Å². The Morgan fingerprint density at radius 3 is 2.85 bits per heavy atom. The number of anilines is 1. The average molecular weight is 198 g/mol. The standard InChI is InChI=1S/C9H14N2OS/c1-9(2,13)12-6-7-3-4-11-8(10)5-7/h3-5,13H,6H2,1-2H3,(H2,10,11). The quantitative estimate of drug-likeness (QED) is 0.575. The van der Waals surface area contributed by atoms with Crippen LogP contribution in [-0.4, -0.2) is 9.92 Å². The molecule has 0 aliphatic carbocycles. The van der Waals surface area contributed by atoms with E-state index in [1.54, 1.807) is 12.3 Å². The van der Waals surface area contributed by atoms with Gasteiger partial charge in [0.15, 0.2) is 0 Å². The van der Waals surface area contributed by atoms with Gasteiger partial charge in [-0.15, -0.1) is 12.6 Å². The number of nitrogens with zero attached hydrogens (tertiary/aromatic N) is 1. The van der Waals surface area contributed by atoms with Crippen molar-refractivity contribution in [3.05, 3.63) is 23.9 Å². The Morgan fingerprint density at radius 2 is 2.31 bits per heavy atom. The third-order valence-electron chi connectivity index (χ3n) is 1.44. The van der Waals surface area contributed by atoms with Gasteiger partial charge in [-0.3, -0.25) is 0 Å². The van der Waals surface area contributed by atoms with Crippen molar-refractivity contribution in [3.63, 3.8) is 0 Å². The van der Waals surface area contributed by atoms with Crippen molar-refractivity contribution in [2.75, 3.05) is 5.73 Å². The summed E-state index contributed by atoms with van der Waals surface area (Å²) >= 11 is 4.24. The molecule has 0 bridgehead atoms. The van der Waals surface area contributed by atoms with Crippen LogP contribution in [0.15, 0.2) is 18.3 Å². The van der Waals surface area contributed by atoms with Gasteiger partial charge in [0.25, 0.3) is 0 Å². The van der Waals surface area contributed by atoms with Crippen LogP contribution in [-0.2, 0) is 11.3 Å². The van der Waals surface area contributed by atoms with Gasteiger partial charge in [0.2, 0.25) is 0 Å². The van der Waals surface area contributed by atoms with Crippen molar-refractivity contribution in [1.29, 1.82) is 0 Å². The minimum absolute atomic E-state index is 0.419. The zero-order chi connectivity index (χ0) is 9.90. The lowest BCUT2D eigenvalue weighted by molar-refractivity contribution is 0.0412. The van der Waals surface area contributed by atoms with Gasteiger partial charge in [-0.25, -0.2) is 4.98 Å². The summed E-state index contributed by atoms with van der Waals surface area (Å²) in [5.41, 5.74) is 6.52. The van der Waals surface area contributed by atoms with Gasteiger partial charge in [-0.2, -0.15) is 0 Å². The first-order valence-electron chi connectivity index (χ1n) is 4.04. The maximum absolute atomic E-state index is 5.51. The predicted octanol–water partition coefficient (Wildman–Crippen LogP) is 1.85. The Kier molecular flexibility index (Phi) is 3.17. The number of hydrogen-bond acceptors (Lipinski definition) is 4. The van der Waals surface area contributed by atoms with Crippen LogP contribution in [0.1, 0.15) is 19.4 Å². The molecule has 0 spiro atoms. The molecule has 13 heavy (non-hydrogen) atoms. The summed E-state index contributed by atoms with van der Waals surface area (Å²) < 4.78 is 5.45. The smallest absolute Gasteiger partial charge is 0.123 e. The predicted molar refractivity (Wildman–Crippen MR) is 56.5 cm³/mol. The van der Waals surface area contributed by atoms with Crippen LogP contribution in [0.5, 0.6) is 0 Å². The van der Waals surface area contributed by atoms with E-state index < -0.39 is 4.93 Å². The lowest BCUT2D eigenvalue weighted by Crippen LogP contribution is -2.15.